The average Bonchev–Trinajstić information content (AvgIpc) is 2.42. The number of aryl methyl sites for hydroxylation is 1. The van der Waals surface area contributed by atoms with Crippen LogP contribution in [0, 0.1) is 25.1 Å². The number of aromatic nitrogens is 1. The number of hydrogen-bond donors (Lipinski definition) is 1. The lowest BCUT2D eigenvalue weighted by Gasteiger charge is -2.06. The highest BCUT2D eigenvalue weighted by molar-refractivity contribution is 5.62. The summed E-state index contributed by atoms with van der Waals surface area (Å²) in [7, 11) is 0. The van der Waals surface area contributed by atoms with Gasteiger partial charge in [0.25, 0.3) is 0 Å². The van der Waals surface area contributed by atoms with Crippen LogP contribution in [0.5, 0.6) is 0 Å². The molecular weight excluding hydrogens is 241 g/mol. The first-order valence-electron chi connectivity index (χ1n) is 5.96. The van der Waals surface area contributed by atoms with E-state index in [2.05, 4.69) is 10.9 Å². The Morgan fingerprint density at radius 2 is 2.05 bits per heavy atom. The predicted molar refractivity (Wildman–Crippen MR) is 72.9 cm³/mol. The van der Waals surface area contributed by atoms with Gasteiger partial charge in [-0.15, -0.1) is 6.42 Å². The van der Waals surface area contributed by atoms with Gasteiger partial charge in [0, 0.05) is 23.9 Å². The Bertz CT molecular complexity index is 614. The molecule has 0 aliphatic rings. The maximum Gasteiger partial charge on any atom is 0.126 e. The third kappa shape index (κ3) is 3.18. The molecule has 19 heavy (non-hydrogen) atoms. The monoisotopic (exact) mass is 255 g/mol. The Morgan fingerprint density at radius 1 is 1.32 bits per heavy atom. The van der Waals surface area contributed by atoms with Crippen molar-refractivity contribution in [3.63, 3.8) is 0 Å². The summed E-state index contributed by atoms with van der Waals surface area (Å²) >= 11 is 0. The van der Waals surface area contributed by atoms with Crippen molar-refractivity contribution in [1.29, 1.82) is 0 Å². The van der Waals surface area contributed by atoms with Gasteiger partial charge in [-0.05, 0) is 30.2 Å². The minimum absolute atomic E-state index is 0.232. The molecule has 2 nitrogen and oxygen atoms in total. The number of terminal acetylenes is 1. The molecular formula is C16H14FNO. The van der Waals surface area contributed by atoms with Crippen LogP contribution in [0.2, 0.25) is 0 Å². The molecule has 1 N–H and O–H groups in total. The molecule has 1 aromatic heterocycles. The highest BCUT2D eigenvalue weighted by atomic mass is 19.1. The smallest absolute Gasteiger partial charge is 0.126 e. The van der Waals surface area contributed by atoms with E-state index in [4.69, 9.17) is 6.42 Å². The molecule has 1 heterocycles. The molecule has 1 aromatic carbocycles. The van der Waals surface area contributed by atoms with E-state index in [-0.39, 0.29) is 5.82 Å². The van der Waals surface area contributed by atoms with Gasteiger partial charge in [0.2, 0.25) is 0 Å². The van der Waals surface area contributed by atoms with E-state index in [0.717, 1.165) is 11.1 Å². The van der Waals surface area contributed by atoms with E-state index >= 15 is 0 Å². The normalized spacial score (nSPS) is 11.9. The molecule has 0 saturated heterocycles. The molecule has 2 aromatic rings. The molecule has 1 unspecified atom stereocenters. The minimum Gasteiger partial charge on any atom is -0.380 e. The predicted octanol–water partition coefficient (Wildman–Crippen LogP) is 2.73. The first kappa shape index (κ1) is 13.3. The quantitative estimate of drug-likeness (QED) is 0.855. The van der Waals surface area contributed by atoms with Crippen LogP contribution in [-0.4, -0.2) is 16.2 Å². The SMILES string of the molecule is C#CC(O)Cc1ccc(-c2ccc(C)c(F)c2)cn1. The van der Waals surface area contributed by atoms with Crippen molar-refractivity contribution >= 4 is 0 Å². The Morgan fingerprint density at radius 3 is 2.63 bits per heavy atom. The summed E-state index contributed by atoms with van der Waals surface area (Å²) in [4.78, 5) is 4.22. The number of aliphatic hydroxyl groups is 1. The zero-order valence-electron chi connectivity index (χ0n) is 10.6. The minimum atomic E-state index is -0.824. The van der Waals surface area contributed by atoms with Gasteiger partial charge in [-0.25, -0.2) is 4.39 Å². The van der Waals surface area contributed by atoms with Crippen molar-refractivity contribution in [1.82, 2.24) is 4.98 Å². The molecule has 1 atom stereocenters. The maximum atomic E-state index is 13.5. The zero-order valence-corrected chi connectivity index (χ0v) is 10.6. The molecule has 0 aliphatic heterocycles. The van der Waals surface area contributed by atoms with E-state index in [1.807, 2.05) is 12.1 Å². The van der Waals surface area contributed by atoms with Gasteiger partial charge >= 0.3 is 0 Å². The Labute approximate surface area is 111 Å². The molecule has 0 saturated carbocycles. The number of nitrogens with zero attached hydrogens (tertiary/aromatic N) is 1. The van der Waals surface area contributed by atoms with E-state index in [1.54, 1.807) is 25.3 Å². The lowest BCUT2D eigenvalue weighted by atomic mass is 10.0. The molecule has 0 spiro atoms. The summed E-state index contributed by atoms with van der Waals surface area (Å²) in [6.07, 6.45) is 6.25. The van der Waals surface area contributed by atoms with E-state index in [9.17, 15) is 9.50 Å². The van der Waals surface area contributed by atoms with Crippen LogP contribution in [0.1, 0.15) is 11.3 Å². The lowest BCUT2D eigenvalue weighted by Crippen LogP contribution is -2.07. The molecule has 0 bridgehead atoms. The molecule has 0 radical (unpaired) electrons. The summed E-state index contributed by atoms with van der Waals surface area (Å²) in [6, 6.07) is 8.71. The zero-order chi connectivity index (χ0) is 13.8. The Hall–Kier alpha value is -2.18. The molecule has 0 amide bonds. The fourth-order valence-corrected chi connectivity index (χ4v) is 1.75. The van der Waals surface area contributed by atoms with Gasteiger partial charge in [-0.3, -0.25) is 4.98 Å². The number of rotatable bonds is 3. The number of halogens is 1. The van der Waals surface area contributed by atoms with Crippen LogP contribution in [0.3, 0.4) is 0 Å². The van der Waals surface area contributed by atoms with Crippen LogP contribution in [0.15, 0.2) is 36.5 Å². The number of aliphatic hydroxyl groups excluding tert-OH is 1. The average molecular weight is 255 g/mol. The van der Waals surface area contributed by atoms with Crippen molar-refractivity contribution in [2.45, 2.75) is 19.4 Å². The number of hydrogen-bond acceptors (Lipinski definition) is 2. The second-order valence-corrected chi connectivity index (χ2v) is 4.39. The highest BCUT2D eigenvalue weighted by Gasteiger charge is 2.05. The second kappa shape index (κ2) is 5.64. The van der Waals surface area contributed by atoms with Crippen molar-refractivity contribution in [2.24, 2.45) is 0 Å². The number of pyridine rings is 1. The van der Waals surface area contributed by atoms with Gasteiger partial charge in [0.05, 0.1) is 0 Å². The van der Waals surface area contributed by atoms with Gasteiger partial charge < -0.3 is 5.11 Å². The fraction of sp³-hybridized carbons (Fsp3) is 0.188. The Kier molecular flexibility index (Phi) is 3.94. The van der Waals surface area contributed by atoms with E-state index in [1.165, 1.54) is 6.07 Å². The fourth-order valence-electron chi connectivity index (χ4n) is 1.75. The van der Waals surface area contributed by atoms with E-state index in [0.29, 0.717) is 17.7 Å². The third-order valence-corrected chi connectivity index (χ3v) is 2.92. The van der Waals surface area contributed by atoms with Crippen LogP contribution in [0.25, 0.3) is 11.1 Å². The van der Waals surface area contributed by atoms with Gasteiger partial charge in [0.15, 0.2) is 0 Å². The van der Waals surface area contributed by atoms with Crippen LogP contribution in [0.4, 0.5) is 4.39 Å². The van der Waals surface area contributed by atoms with Crippen LogP contribution in [-0.2, 0) is 6.42 Å². The van der Waals surface area contributed by atoms with Crippen LogP contribution >= 0.6 is 0 Å². The molecule has 2 rings (SSSR count). The van der Waals surface area contributed by atoms with Crippen molar-refractivity contribution < 1.29 is 9.50 Å². The maximum absolute atomic E-state index is 13.5. The third-order valence-electron chi connectivity index (χ3n) is 2.92. The topological polar surface area (TPSA) is 33.1 Å². The Balaban J connectivity index is 2.22. The van der Waals surface area contributed by atoms with Crippen molar-refractivity contribution in [3.8, 4) is 23.5 Å². The van der Waals surface area contributed by atoms with Crippen molar-refractivity contribution in [2.75, 3.05) is 0 Å². The lowest BCUT2D eigenvalue weighted by molar-refractivity contribution is 0.232. The molecule has 96 valence electrons. The highest BCUT2D eigenvalue weighted by Crippen LogP contribution is 2.21. The summed E-state index contributed by atoms with van der Waals surface area (Å²) < 4.78 is 13.5. The van der Waals surface area contributed by atoms with Gasteiger partial charge in [-0.2, -0.15) is 0 Å². The molecule has 0 fully saturated rings. The standard InChI is InChI=1S/C16H14FNO/c1-3-15(19)9-14-7-6-13(10-18-14)12-5-4-11(2)16(17)8-12/h1,4-8,10,15,19H,9H2,2H3. The van der Waals surface area contributed by atoms with Gasteiger partial charge in [0.1, 0.15) is 11.9 Å². The summed E-state index contributed by atoms with van der Waals surface area (Å²) in [5, 5.41) is 9.34. The van der Waals surface area contributed by atoms with Crippen molar-refractivity contribution in [3.05, 3.63) is 53.6 Å². The second-order valence-electron chi connectivity index (χ2n) is 4.39. The summed E-state index contributed by atoms with van der Waals surface area (Å²) in [6.45, 7) is 1.72. The summed E-state index contributed by atoms with van der Waals surface area (Å²) in [5.41, 5.74) is 2.93. The number of benzene rings is 1. The molecule has 0 aliphatic carbocycles. The van der Waals surface area contributed by atoms with Gasteiger partial charge in [-0.1, -0.05) is 24.1 Å². The van der Waals surface area contributed by atoms with Crippen LogP contribution < -0.4 is 0 Å². The van der Waals surface area contributed by atoms with E-state index < -0.39 is 6.10 Å². The first-order chi connectivity index (χ1) is 9.10. The molecule has 3 heteroatoms. The first-order valence-corrected chi connectivity index (χ1v) is 5.96. The summed E-state index contributed by atoms with van der Waals surface area (Å²) in [5.74, 6) is 2.01. The largest absolute Gasteiger partial charge is 0.380 e.